The fourth-order valence-corrected chi connectivity index (χ4v) is 2.60. The van der Waals surface area contributed by atoms with E-state index < -0.39 is 0 Å². The third-order valence-corrected chi connectivity index (χ3v) is 3.79. The Morgan fingerprint density at radius 3 is 2.75 bits per heavy atom. The van der Waals surface area contributed by atoms with Crippen molar-refractivity contribution in [3.63, 3.8) is 0 Å². The van der Waals surface area contributed by atoms with E-state index in [-0.39, 0.29) is 5.91 Å². The van der Waals surface area contributed by atoms with Gasteiger partial charge in [0, 0.05) is 23.5 Å². The molecule has 3 aromatic rings. The number of carbonyl (C=O) groups is 1. The zero-order valence-electron chi connectivity index (χ0n) is 13.7. The number of aryl methyl sites for hydroxylation is 3. The molecule has 0 aliphatic rings. The molecule has 3 rings (SSSR count). The number of anilines is 1. The third-order valence-electron chi connectivity index (χ3n) is 3.79. The fraction of sp³-hybridized carbons (Fsp3) is 0.211. The van der Waals surface area contributed by atoms with Crippen LogP contribution in [-0.2, 0) is 6.42 Å². The molecule has 0 atom stereocenters. The lowest BCUT2D eigenvalue weighted by Gasteiger charge is -2.06. The number of nitrogens with one attached hydrogen (secondary N) is 1. The Hall–Kier alpha value is -3.13. The minimum atomic E-state index is -0.223. The van der Waals surface area contributed by atoms with E-state index >= 15 is 0 Å². The van der Waals surface area contributed by atoms with E-state index in [2.05, 4.69) is 21.3 Å². The maximum atomic E-state index is 12.5. The van der Waals surface area contributed by atoms with E-state index in [0.717, 1.165) is 29.1 Å². The van der Waals surface area contributed by atoms with Gasteiger partial charge in [0.1, 0.15) is 5.56 Å². The van der Waals surface area contributed by atoms with Crippen LogP contribution in [0.2, 0.25) is 0 Å². The molecule has 0 aliphatic carbocycles. The van der Waals surface area contributed by atoms with Crippen LogP contribution in [0.4, 0.5) is 5.69 Å². The summed E-state index contributed by atoms with van der Waals surface area (Å²) >= 11 is 0. The van der Waals surface area contributed by atoms with Gasteiger partial charge in [-0.2, -0.15) is 5.10 Å². The van der Waals surface area contributed by atoms with Crippen molar-refractivity contribution in [3.8, 4) is 12.3 Å². The summed E-state index contributed by atoms with van der Waals surface area (Å²) in [6, 6.07) is 9.61. The van der Waals surface area contributed by atoms with E-state index in [9.17, 15) is 4.79 Å². The first-order valence-corrected chi connectivity index (χ1v) is 7.74. The van der Waals surface area contributed by atoms with E-state index in [1.165, 1.54) is 0 Å². The fourth-order valence-electron chi connectivity index (χ4n) is 2.60. The third kappa shape index (κ3) is 3.13. The molecule has 1 aromatic carbocycles. The van der Waals surface area contributed by atoms with Crippen molar-refractivity contribution >= 4 is 17.2 Å². The summed E-state index contributed by atoms with van der Waals surface area (Å²) < 4.78 is 1.67. The Kier molecular flexibility index (Phi) is 4.30. The zero-order chi connectivity index (χ0) is 17.1. The zero-order valence-corrected chi connectivity index (χ0v) is 13.7. The van der Waals surface area contributed by atoms with Crippen LogP contribution in [0.25, 0.3) is 5.65 Å². The molecule has 0 bridgehead atoms. The van der Waals surface area contributed by atoms with Crippen molar-refractivity contribution in [1.82, 2.24) is 14.6 Å². The molecule has 5 nitrogen and oxygen atoms in total. The van der Waals surface area contributed by atoms with Crippen molar-refractivity contribution in [2.45, 2.75) is 26.7 Å². The molecule has 0 spiro atoms. The molecule has 1 N–H and O–H groups in total. The van der Waals surface area contributed by atoms with Gasteiger partial charge in [-0.15, -0.1) is 12.3 Å². The molecule has 0 radical (unpaired) electrons. The molecule has 2 aromatic heterocycles. The quantitative estimate of drug-likeness (QED) is 0.752. The second-order valence-corrected chi connectivity index (χ2v) is 5.69. The summed E-state index contributed by atoms with van der Waals surface area (Å²) in [7, 11) is 0. The molecule has 0 unspecified atom stereocenters. The molecule has 0 saturated heterocycles. The summed E-state index contributed by atoms with van der Waals surface area (Å²) in [5.74, 6) is 2.40. The van der Waals surface area contributed by atoms with Crippen LogP contribution >= 0.6 is 0 Å². The van der Waals surface area contributed by atoms with Gasteiger partial charge in [0.05, 0.1) is 6.20 Å². The molecule has 0 aliphatic heterocycles. The Bertz CT molecular complexity index is 932. The number of hydrogen-bond acceptors (Lipinski definition) is 3. The Balaban J connectivity index is 1.81. The van der Waals surface area contributed by atoms with Gasteiger partial charge in [-0.1, -0.05) is 12.1 Å². The van der Waals surface area contributed by atoms with Crippen molar-refractivity contribution < 1.29 is 4.79 Å². The maximum Gasteiger partial charge on any atom is 0.261 e. The number of carbonyl (C=O) groups excluding carboxylic acids is 1. The summed E-state index contributed by atoms with van der Waals surface area (Å²) in [5.41, 5.74) is 4.69. The largest absolute Gasteiger partial charge is 0.322 e. The second-order valence-electron chi connectivity index (χ2n) is 5.69. The number of rotatable bonds is 4. The van der Waals surface area contributed by atoms with Crippen LogP contribution in [0.1, 0.15) is 33.7 Å². The van der Waals surface area contributed by atoms with E-state index in [1.54, 1.807) is 10.7 Å². The first kappa shape index (κ1) is 15.8. The van der Waals surface area contributed by atoms with Gasteiger partial charge in [-0.05, 0) is 44.0 Å². The van der Waals surface area contributed by atoms with Gasteiger partial charge in [-0.25, -0.2) is 9.50 Å². The van der Waals surface area contributed by atoms with Crippen LogP contribution in [0.3, 0.4) is 0 Å². The molecule has 0 fully saturated rings. The summed E-state index contributed by atoms with van der Waals surface area (Å²) in [5, 5.41) is 7.13. The van der Waals surface area contributed by atoms with Gasteiger partial charge in [0.15, 0.2) is 5.65 Å². The minimum absolute atomic E-state index is 0.223. The highest BCUT2D eigenvalue weighted by Gasteiger charge is 2.15. The molecule has 1 amide bonds. The van der Waals surface area contributed by atoms with Crippen molar-refractivity contribution in [2.24, 2.45) is 0 Å². The molecule has 24 heavy (non-hydrogen) atoms. The summed E-state index contributed by atoms with van der Waals surface area (Å²) in [6.07, 6.45) is 8.36. The highest BCUT2D eigenvalue weighted by Crippen LogP contribution is 2.16. The Morgan fingerprint density at radius 1 is 1.29 bits per heavy atom. The molecular weight excluding hydrogens is 300 g/mol. The van der Waals surface area contributed by atoms with Gasteiger partial charge >= 0.3 is 0 Å². The molecule has 0 saturated carbocycles. The first-order valence-electron chi connectivity index (χ1n) is 7.74. The average Bonchev–Trinajstić information content (AvgIpc) is 2.98. The number of nitrogens with zero attached hydrogens (tertiary/aromatic N) is 3. The normalized spacial score (nSPS) is 10.5. The van der Waals surface area contributed by atoms with E-state index in [0.29, 0.717) is 17.6 Å². The van der Waals surface area contributed by atoms with E-state index in [1.807, 2.05) is 44.2 Å². The molecular formula is C19H18N4O. The number of fused-ring (bicyclic) bond motifs is 1. The minimum Gasteiger partial charge on any atom is -0.322 e. The number of benzene rings is 1. The monoisotopic (exact) mass is 318 g/mol. The molecule has 5 heteroatoms. The number of hydrogen-bond donors (Lipinski definition) is 1. The van der Waals surface area contributed by atoms with Crippen LogP contribution in [-0.4, -0.2) is 20.5 Å². The van der Waals surface area contributed by atoms with Crippen molar-refractivity contribution in [2.75, 3.05) is 5.32 Å². The second kappa shape index (κ2) is 6.55. The predicted molar refractivity (Wildman–Crippen MR) is 94.0 cm³/mol. The SMILES string of the molecule is C#CCCc1ccc(NC(=O)c2cnn3c(C)cc(C)nc23)cc1. The van der Waals surface area contributed by atoms with Gasteiger partial charge in [0.2, 0.25) is 0 Å². The van der Waals surface area contributed by atoms with Crippen LogP contribution in [0.5, 0.6) is 0 Å². The summed E-state index contributed by atoms with van der Waals surface area (Å²) in [4.78, 5) is 17.0. The standard InChI is InChI=1S/C19H18N4O/c1-4-5-6-15-7-9-16(10-8-15)22-19(24)17-12-20-23-14(3)11-13(2)21-18(17)23/h1,7-12H,5-6H2,2-3H3,(H,22,24). The Labute approximate surface area is 140 Å². The number of amides is 1. The predicted octanol–water partition coefficient (Wildman–Crippen LogP) is 3.16. The number of terminal acetylenes is 1. The van der Waals surface area contributed by atoms with Gasteiger partial charge < -0.3 is 5.32 Å². The lowest BCUT2D eigenvalue weighted by molar-refractivity contribution is 0.102. The summed E-state index contributed by atoms with van der Waals surface area (Å²) in [6.45, 7) is 3.84. The van der Waals surface area contributed by atoms with Crippen LogP contribution in [0, 0.1) is 26.2 Å². The highest BCUT2D eigenvalue weighted by molar-refractivity contribution is 6.08. The lowest BCUT2D eigenvalue weighted by atomic mass is 10.1. The number of aromatic nitrogens is 3. The average molecular weight is 318 g/mol. The van der Waals surface area contributed by atoms with Crippen LogP contribution < -0.4 is 5.32 Å². The van der Waals surface area contributed by atoms with Gasteiger partial charge in [-0.3, -0.25) is 4.79 Å². The van der Waals surface area contributed by atoms with Crippen LogP contribution in [0.15, 0.2) is 36.5 Å². The highest BCUT2D eigenvalue weighted by atomic mass is 16.1. The first-order chi connectivity index (χ1) is 11.6. The van der Waals surface area contributed by atoms with E-state index in [4.69, 9.17) is 6.42 Å². The van der Waals surface area contributed by atoms with Crippen molar-refractivity contribution in [1.29, 1.82) is 0 Å². The van der Waals surface area contributed by atoms with Gasteiger partial charge in [0.25, 0.3) is 5.91 Å². The van der Waals surface area contributed by atoms with Crippen molar-refractivity contribution in [3.05, 3.63) is 59.0 Å². The smallest absolute Gasteiger partial charge is 0.261 e. The lowest BCUT2D eigenvalue weighted by Crippen LogP contribution is -2.12. The Morgan fingerprint density at radius 2 is 2.04 bits per heavy atom. The maximum absolute atomic E-state index is 12.5. The molecule has 120 valence electrons. The topological polar surface area (TPSA) is 59.3 Å². The molecule has 2 heterocycles.